The van der Waals surface area contributed by atoms with Crippen molar-refractivity contribution < 1.29 is 4.79 Å². The van der Waals surface area contributed by atoms with Crippen molar-refractivity contribution in [2.75, 3.05) is 25.9 Å². The summed E-state index contributed by atoms with van der Waals surface area (Å²) in [6.07, 6.45) is 5.48. The molecule has 1 heterocycles. The highest BCUT2D eigenvalue weighted by molar-refractivity contribution is 7.98. The topological polar surface area (TPSA) is 32.3 Å². The van der Waals surface area contributed by atoms with Crippen molar-refractivity contribution in [3.8, 4) is 0 Å². The minimum Gasteiger partial charge on any atom is -0.350 e. The van der Waals surface area contributed by atoms with Gasteiger partial charge in [0.1, 0.15) is 0 Å². The van der Waals surface area contributed by atoms with E-state index in [-0.39, 0.29) is 5.91 Å². The predicted molar refractivity (Wildman–Crippen MR) is 105 cm³/mol. The summed E-state index contributed by atoms with van der Waals surface area (Å²) in [5.41, 5.74) is 2.13. The normalized spacial score (nSPS) is 17.6. The largest absolute Gasteiger partial charge is 0.350 e. The van der Waals surface area contributed by atoms with E-state index in [9.17, 15) is 4.79 Å². The molecule has 2 aromatic rings. The number of carbonyl (C=O) groups is 1. The van der Waals surface area contributed by atoms with Gasteiger partial charge in [0, 0.05) is 29.6 Å². The average Bonchev–Trinajstić information content (AvgIpc) is 3.12. The summed E-state index contributed by atoms with van der Waals surface area (Å²) in [5.74, 6) is 0.0332. The van der Waals surface area contributed by atoms with E-state index in [4.69, 9.17) is 0 Å². The zero-order valence-electron chi connectivity index (χ0n) is 14.8. The van der Waals surface area contributed by atoms with Crippen LogP contribution >= 0.6 is 11.8 Å². The molecular weight excluding hydrogens is 328 g/mol. The summed E-state index contributed by atoms with van der Waals surface area (Å²) in [4.78, 5) is 16.1. The first kappa shape index (κ1) is 18.0. The van der Waals surface area contributed by atoms with Crippen molar-refractivity contribution >= 4 is 17.7 Å². The van der Waals surface area contributed by atoms with Gasteiger partial charge in [-0.2, -0.15) is 0 Å². The van der Waals surface area contributed by atoms with Crippen molar-refractivity contribution in [1.82, 2.24) is 10.2 Å². The monoisotopic (exact) mass is 354 g/mol. The summed E-state index contributed by atoms with van der Waals surface area (Å²) >= 11 is 1.66. The van der Waals surface area contributed by atoms with Gasteiger partial charge in [0.05, 0.1) is 0 Å². The lowest BCUT2D eigenvalue weighted by molar-refractivity contribution is 0.0940. The first-order chi connectivity index (χ1) is 12.3. The lowest BCUT2D eigenvalue weighted by Crippen LogP contribution is -2.41. The molecule has 1 atom stereocenters. The fourth-order valence-corrected chi connectivity index (χ4v) is 3.87. The van der Waals surface area contributed by atoms with E-state index in [1.165, 1.54) is 18.4 Å². The Morgan fingerprint density at radius 3 is 2.84 bits per heavy atom. The summed E-state index contributed by atoms with van der Waals surface area (Å²) in [6.45, 7) is 2.93. The third-order valence-corrected chi connectivity index (χ3v) is 5.59. The lowest BCUT2D eigenvalue weighted by atomic mass is 10.1. The van der Waals surface area contributed by atoms with Crippen LogP contribution in [0.5, 0.6) is 0 Å². The SMILES string of the molecule is CSc1cccc(C(=O)NC[C@H]2CCCN2CCc2ccccc2)c1. The Balaban J connectivity index is 1.50. The quantitative estimate of drug-likeness (QED) is 0.767. The Bertz CT molecular complexity index is 689. The van der Waals surface area contributed by atoms with Gasteiger partial charge in [-0.3, -0.25) is 9.69 Å². The van der Waals surface area contributed by atoms with Crippen LogP contribution in [0, 0.1) is 0 Å². The zero-order chi connectivity index (χ0) is 17.5. The standard InChI is InChI=1S/C21H26N2OS/c1-25-20-11-5-9-18(15-20)21(24)22-16-19-10-6-13-23(19)14-12-17-7-3-2-4-8-17/h2-5,7-9,11,15,19H,6,10,12-14,16H2,1H3,(H,22,24)/t19-/m1/s1. The number of nitrogens with zero attached hydrogens (tertiary/aromatic N) is 1. The first-order valence-corrected chi connectivity index (χ1v) is 10.2. The number of nitrogens with one attached hydrogen (secondary N) is 1. The molecular formula is C21H26N2OS. The first-order valence-electron chi connectivity index (χ1n) is 8.96. The third-order valence-electron chi connectivity index (χ3n) is 4.86. The summed E-state index contributed by atoms with van der Waals surface area (Å²) < 4.78 is 0. The van der Waals surface area contributed by atoms with Gasteiger partial charge in [0.15, 0.2) is 0 Å². The molecule has 3 rings (SSSR count). The maximum atomic E-state index is 12.4. The van der Waals surface area contributed by atoms with E-state index in [0.29, 0.717) is 6.04 Å². The van der Waals surface area contributed by atoms with Crippen molar-refractivity contribution in [2.24, 2.45) is 0 Å². The molecule has 0 bridgehead atoms. The third kappa shape index (κ3) is 5.10. The maximum Gasteiger partial charge on any atom is 0.251 e. The Morgan fingerprint density at radius 1 is 1.20 bits per heavy atom. The smallest absolute Gasteiger partial charge is 0.251 e. The fourth-order valence-electron chi connectivity index (χ4n) is 3.41. The van der Waals surface area contributed by atoms with Crippen molar-refractivity contribution in [3.05, 3.63) is 65.7 Å². The number of likely N-dealkylation sites (tertiary alicyclic amines) is 1. The maximum absolute atomic E-state index is 12.4. The van der Waals surface area contributed by atoms with Gasteiger partial charge >= 0.3 is 0 Å². The number of benzene rings is 2. The van der Waals surface area contributed by atoms with Crippen LogP contribution in [0.25, 0.3) is 0 Å². The van der Waals surface area contributed by atoms with E-state index < -0.39 is 0 Å². The van der Waals surface area contributed by atoms with E-state index in [1.807, 2.05) is 30.5 Å². The second kappa shape index (κ2) is 9.07. The van der Waals surface area contributed by atoms with E-state index in [2.05, 4.69) is 40.5 Å². The van der Waals surface area contributed by atoms with Crippen molar-refractivity contribution in [2.45, 2.75) is 30.2 Å². The molecule has 0 aliphatic carbocycles. The van der Waals surface area contributed by atoms with Crippen LogP contribution in [0.1, 0.15) is 28.8 Å². The molecule has 1 N–H and O–H groups in total. The summed E-state index contributed by atoms with van der Waals surface area (Å²) in [6, 6.07) is 18.9. The summed E-state index contributed by atoms with van der Waals surface area (Å²) in [5, 5.41) is 3.13. The lowest BCUT2D eigenvalue weighted by Gasteiger charge is -2.24. The molecule has 1 amide bonds. The number of carbonyl (C=O) groups excluding carboxylic acids is 1. The average molecular weight is 355 g/mol. The van der Waals surface area contributed by atoms with Crippen LogP contribution in [0.4, 0.5) is 0 Å². The Kier molecular flexibility index (Phi) is 6.54. The molecule has 0 aromatic heterocycles. The van der Waals surface area contributed by atoms with Crippen LogP contribution in [0.15, 0.2) is 59.5 Å². The second-order valence-electron chi connectivity index (χ2n) is 6.51. The highest BCUT2D eigenvalue weighted by Gasteiger charge is 2.24. The Morgan fingerprint density at radius 2 is 2.04 bits per heavy atom. The number of hydrogen-bond acceptors (Lipinski definition) is 3. The number of amides is 1. The molecule has 0 spiro atoms. The minimum absolute atomic E-state index is 0.0332. The van der Waals surface area contributed by atoms with Crippen LogP contribution in [-0.4, -0.2) is 42.7 Å². The molecule has 3 nitrogen and oxygen atoms in total. The van der Waals surface area contributed by atoms with Crippen molar-refractivity contribution in [3.63, 3.8) is 0 Å². The molecule has 1 aliphatic heterocycles. The highest BCUT2D eigenvalue weighted by Crippen LogP contribution is 2.18. The van der Waals surface area contributed by atoms with Crippen LogP contribution in [0.2, 0.25) is 0 Å². The van der Waals surface area contributed by atoms with Gasteiger partial charge in [0.2, 0.25) is 0 Å². The van der Waals surface area contributed by atoms with Crippen molar-refractivity contribution in [1.29, 1.82) is 0 Å². The zero-order valence-corrected chi connectivity index (χ0v) is 15.6. The molecule has 25 heavy (non-hydrogen) atoms. The van der Waals surface area contributed by atoms with E-state index in [0.717, 1.165) is 36.5 Å². The van der Waals surface area contributed by atoms with Crippen LogP contribution < -0.4 is 5.32 Å². The second-order valence-corrected chi connectivity index (χ2v) is 7.39. The molecule has 1 fully saturated rings. The summed E-state index contributed by atoms with van der Waals surface area (Å²) in [7, 11) is 0. The molecule has 0 radical (unpaired) electrons. The number of rotatable bonds is 7. The molecule has 1 saturated heterocycles. The van der Waals surface area contributed by atoms with Gasteiger partial charge < -0.3 is 5.32 Å². The molecule has 0 saturated carbocycles. The van der Waals surface area contributed by atoms with Gasteiger partial charge in [-0.25, -0.2) is 0 Å². The van der Waals surface area contributed by atoms with E-state index >= 15 is 0 Å². The van der Waals surface area contributed by atoms with Crippen LogP contribution in [0.3, 0.4) is 0 Å². The molecule has 2 aromatic carbocycles. The van der Waals surface area contributed by atoms with Crippen LogP contribution in [-0.2, 0) is 6.42 Å². The van der Waals surface area contributed by atoms with Gasteiger partial charge in [0.25, 0.3) is 5.91 Å². The highest BCUT2D eigenvalue weighted by atomic mass is 32.2. The van der Waals surface area contributed by atoms with Gasteiger partial charge in [-0.15, -0.1) is 11.8 Å². The molecule has 132 valence electrons. The number of hydrogen-bond donors (Lipinski definition) is 1. The minimum atomic E-state index is 0.0332. The van der Waals surface area contributed by atoms with Gasteiger partial charge in [-0.05, 0) is 55.8 Å². The number of thioether (sulfide) groups is 1. The van der Waals surface area contributed by atoms with E-state index in [1.54, 1.807) is 11.8 Å². The molecule has 1 aliphatic rings. The molecule has 4 heteroatoms. The predicted octanol–water partition coefficient (Wildman–Crippen LogP) is 3.85. The van der Waals surface area contributed by atoms with Gasteiger partial charge in [-0.1, -0.05) is 36.4 Å². The molecule has 0 unspecified atom stereocenters. The Hall–Kier alpha value is -1.78. The fraction of sp³-hybridized carbons (Fsp3) is 0.381. The Labute approximate surface area is 154 Å².